The Labute approximate surface area is 197 Å². The molecule has 0 unspecified atom stereocenters. The Hall–Kier alpha value is -4.06. The molecule has 3 aromatic carbocycles. The molecule has 0 spiro atoms. The quantitative estimate of drug-likeness (QED) is 0.434. The number of nitrogens with zero attached hydrogens (tertiary/aromatic N) is 1. The van der Waals surface area contributed by atoms with E-state index in [1.165, 1.54) is 29.4 Å². The first-order chi connectivity index (χ1) is 16.7. The summed E-state index contributed by atoms with van der Waals surface area (Å²) in [5, 5.41) is 0.986. The number of carbonyl (C=O) groups is 2. The molecular formula is C28H24N2O4. The lowest BCUT2D eigenvalue weighted by Gasteiger charge is -2.31. The minimum atomic E-state index is -0.564. The van der Waals surface area contributed by atoms with Crippen LogP contribution in [0.4, 0.5) is 4.79 Å². The maximum absolute atomic E-state index is 13.2. The van der Waals surface area contributed by atoms with Gasteiger partial charge in [-0.1, -0.05) is 66.7 Å². The fourth-order valence-electron chi connectivity index (χ4n) is 5.47. The molecule has 0 saturated carbocycles. The van der Waals surface area contributed by atoms with Gasteiger partial charge in [-0.2, -0.15) is 0 Å². The molecule has 170 valence electrons. The van der Waals surface area contributed by atoms with Crippen LogP contribution < -0.4 is 0 Å². The number of methoxy groups -OCH3 is 1. The summed E-state index contributed by atoms with van der Waals surface area (Å²) in [5.74, 6) is -0.936. The fraction of sp³-hybridized carbons (Fsp3) is 0.214. The number of rotatable bonds is 3. The Bertz CT molecular complexity index is 1380. The smallest absolute Gasteiger partial charge is 0.410 e. The molecule has 1 aromatic heterocycles. The molecule has 1 atom stereocenters. The van der Waals surface area contributed by atoms with Gasteiger partial charge >= 0.3 is 12.1 Å². The third-order valence-corrected chi connectivity index (χ3v) is 7.01. The lowest BCUT2D eigenvalue weighted by atomic mass is 9.92. The molecule has 6 rings (SSSR count). The van der Waals surface area contributed by atoms with Crippen LogP contribution in [0.25, 0.3) is 22.0 Å². The first-order valence-corrected chi connectivity index (χ1v) is 11.4. The number of nitrogens with one attached hydrogen (secondary N) is 1. The van der Waals surface area contributed by atoms with E-state index in [4.69, 9.17) is 9.47 Å². The molecule has 6 nitrogen and oxygen atoms in total. The summed E-state index contributed by atoms with van der Waals surface area (Å²) < 4.78 is 10.9. The van der Waals surface area contributed by atoms with E-state index in [0.29, 0.717) is 6.54 Å². The van der Waals surface area contributed by atoms with Gasteiger partial charge in [-0.3, -0.25) is 4.79 Å². The number of aromatic nitrogens is 1. The number of H-pyrrole nitrogens is 1. The molecule has 0 radical (unpaired) electrons. The van der Waals surface area contributed by atoms with Crippen molar-refractivity contribution in [2.75, 3.05) is 20.3 Å². The Morgan fingerprint density at radius 3 is 2.29 bits per heavy atom. The third kappa shape index (κ3) is 3.17. The van der Waals surface area contributed by atoms with Crippen LogP contribution in [0.1, 0.15) is 34.2 Å². The highest BCUT2D eigenvalue weighted by atomic mass is 16.6. The zero-order valence-corrected chi connectivity index (χ0v) is 18.8. The van der Waals surface area contributed by atoms with Gasteiger partial charge in [0.25, 0.3) is 0 Å². The number of fused-ring (bicyclic) bond motifs is 6. The first kappa shape index (κ1) is 20.5. The number of benzene rings is 3. The van der Waals surface area contributed by atoms with E-state index < -0.39 is 12.0 Å². The Morgan fingerprint density at radius 2 is 1.59 bits per heavy atom. The monoisotopic (exact) mass is 452 g/mol. The number of para-hydroxylation sites is 1. The van der Waals surface area contributed by atoms with E-state index in [0.717, 1.165) is 22.2 Å². The number of amides is 1. The van der Waals surface area contributed by atoms with Crippen LogP contribution in [0.3, 0.4) is 0 Å². The van der Waals surface area contributed by atoms with Crippen LogP contribution >= 0.6 is 0 Å². The second-order valence-corrected chi connectivity index (χ2v) is 8.82. The number of aromatic amines is 1. The van der Waals surface area contributed by atoms with Crippen molar-refractivity contribution in [3.05, 3.63) is 95.2 Å². The molecule has 2 aliphatic rings. The SMILES string of the molecule is COC(=O)[C@@H]1CN(C(=O)OCC2c3ccccc3-c3ccccc32)Cc2[nH]c3ccccc3c21. The summed E-state index contributed by atoms with van der Waals surface area (Å²) in [6.45, 7) is 0.818. The fourth-order valence-corrected chi connectivity index (χ4v) is 5.47. The minimum absolute atomic E-state index is 0.0128. The van der Waals surface area contributed by atoms with Crippen molar-refractivity contribution in [3.8, 4) is 11.1 Å². The van der Waals surface area contributed by atoms with Crippen LogP contribution in [-0.2, 0) is 20.8 Å². The molecule has 0 fully saturated rings. The number of hydrogen-bond acceptors (Lipinski definition) is 4. The van der Waals surface area contributed by atoms with Crippen molar-refractivity contribution in [1.29, 1.82) is 0 Å². The standard InChI is InChI=1S/C28H24N2O4/c1-33-27(31)22-14-30(15-25-26(22)21-12-6-7-13-24(21)29-25)28(32)34-16-23-19-10-4-2-8-17(19)18-9-3-5-11-20(18)23/h2-13,22-23,29H,14-16H2,1H3/t22-/m1/s1. The maximum atomic E-state index is 13.2. The molecule has 34 heavy (non-hydrogen) atoms. The second kappa shape index (κ2) is 8.06. The van der Waals surface area contributed by atoms with Crippen LogP contribution in [0.15, 0.2) is 72.8 Å². The summed E-state index contributed by atoms with van der Waals surface area (Å²) in [7, 11) is 1.38. The van der Waals surface area contributed by atoms with E-state index in [9.17, 15) is 9.59 Å². The predicted octanol–water partition coefficient (Wildman–Crippen LogP) is 5.19. The molecule has 2 heterocycles. The topological polar surface area (TPSA) is 71.6 Å². The van der Waals surface area contributed by atoms with Gasteiger partial charge in [0, 0.05) is 29.1 Å². The average Bonchev–Trinajstić information content (AvgIpc) is 3.42. The first-order valence-electron chi connectivity index (χ1n) is 11.4. The molecule has 1 N–H and O–H groups in total. The van der Waals surface area contributed by atoms with Crippen LogP contribution in [-0.4, -0.2) is 42.2 Å². The van der Waals surface area contributed by atoms with Gasteiger partial charge in [0.1, 0.15) is 12.5 Å². The average molecular weight is 453 g/mol. The predicted molar refractivity (Wildman–Crippen MR) is 129 cm³/mol. The largest absolute Gasteiger partial charge is 0.468 e. The Morgan fingerprint density at radius 1 is 0.941 bits per heavy atom. The number of esters is 1. The molecular weight excluding hydrogens is 428 g/mol. The second-order valence-electron chi connectivity index (χ2n) is 8.82. The number of ether oxygens (including phenoxy) is 2. The maximum Gasteiger partial charge on any atom is 0.410 e. The summed E-state index contributed by atoms with van der Waals surface area (Å²) in [5.41, 5.74) is 7.40. The van der Waals surface area contributed by atoms with Gasteiger partial charge in [0.05, 0.1) is 13.7 Å². The zero-order chi connectivity index (χ0) is 23.2. The summed E-state index contributed by atoms with van der Waals surface area (Å²) >= 11 is 0. The minimum Gasteiger partial charge on any atom is -0.468 e. The van der Waals surface area contributed by atoms with Crippen molar-refractivity contribution in [2.45, 2.75) is 18.4 Å². The van der Waals surface area contributed by atoms with Crippen LogP contribution in [0.2, 0.25) is 0 Å². The van der Waals surface area contributed by atoms with Crippen molar-refractivity contribution in [1.82, 2.24) is 9.88 Å². The van der Waals surface area contributed by atoms with Gasteiger partial charge in [0.15, 0.2) is 0 Å². The zero-order valence-electron chi connectivity index (χ0n) is 18.8. The normalized spacial score (nSPS) is 16.6. The highest BCUT2D eigenvalue weighted by Crippen LogP contribution is 2.44. The van der Waals surface area contributed by atoms with Crippen LogP contribution in [0, 0.1) is 0 Å². The van der Waals surface area contributed by atoms with Crippen molar-refractivity contribution >= 4 is 23.0 Å². The van der Waals surface area contributed by atoms with Gasteiger partial charge in [0.2, 0.25) is 0 Å². The van der Waals surface area contributed by atoms with E-state index >= 15 is 0 Å². The summed E-state index contributed by atoms with van der Waals surface area (Å²) in [6, 6.07) is 24.4. The summed E-state index contributed by atoms with van der Waals surface area (Å²) in [4.78, 5) is 30.8. The van der Waals surface area contributed by atoms with E-state index in [2.05, 4.69) is 29.2 Å². The van der Waals surface area contributed by atoms with Crippen molar-refractivity contribution in [2.24, 2.45) is 0 Å². The molecule has 1 aliphatic carbocycles. The molecule has 1 aliphatic heterocycles. The van der Waals surface area contributed by atoms with Gasteiger partial charge in [-0.15, -0.1) is 0 Å². The van der Waals surface area contributed by atoms with Crippen molar-refractivity contribution < 1.29 is 19.1 Å². The number of hydrogen-bond donors (Lipinski definition) is 1. The molecule has 0 bridgehead atoms. The van der Waals surface area contributed by atoms with Gasteiger partial charge in [-0.05, 0) is 33.9 Å². The molecule has 1 amide bonds. The van der Waals surface area contributed by atoms with Crippen LogP contribution in [0.5, 0.6) is 0 Å². The highest BCUT2D eigenvalue weighted by Gasteiger charge is 2.37. The van der Waals surface area contributed by atoms with E-state index in [-0.39, 0.29) is 25.0 Å². The highest BCUT2D eigenvalue weighted by molar-refractivity contribution is 5.92. The van der Waals surface area contributed by atoms with Gasteiger partial charge < -0.3 is 19.4 Å². The number of carbonyl (C=O) groups excluding carboxylic acids is 2. The molecule has 4 aromatic rings. The van der Waals surface area contributed by atoms with E-state index in [1.807, 2.05) is 48.5 Å². The molecule has 0 saturated heterocycles. The van der Waals surface area contributed by atoms with E-state index in [1.54, 1.807) is 4.90 Å². The third-order valence-electron chi connectivity index (χ3n) is 7.01. The van der Waals surface area contributed by atoms with Crippen molar-refractivity contribution in [3.63, 3.8) is 0 Å². The Kier molecular flexibility index (Phi) is 4.87. The Balaban J connectivity index is 1.26. The van der Waals surface area contributed by atoms with Gasteiger partial charge in [-0.25, -0.2) is 4.79 Å². The molecule has 6 heteroatoms. The lowest BCUT2D eigenvalue weighted by Crippen LogP contribution is -2.41. The summed E-state index contributed by atoms with van der Waals surface area (Å²) in [6.07, 6.45) is -0.430. The lowest BCUT2D eigenvalue weighted by molar-refractivity contribution is -0.143.